The van der Waals surface area contributed by atoms with Gasteiger partial charge in [-0.15, -0.1) is 0 Å². The summed E-state index contributed by atoms with van der Waals surface area (Å²) >= 11 is 3.56. The number of amides is 1. The van der Waals surface area contributed by atoms with Crippen LogP contribution in [0.3, 0.4) is 0 Å². The van der Waals surface area contributed by atoms with Crippen molar-refractivity contribution in [1.29, 1.82) is 0 Å². The zero-order valence-electron chi connectivity index (χ0n) is 18.2. The van der Waals surface area contributed by atoms with Crippen LogP contribution in [0.4, 0.5) is 5.69 Å². The van der Waals surface area contributed by atoms with Crippen molar-refractivity contribution >= 4 is 27.5 Å². The van der Waals surface area contributed by atoms with E-state index in [4.69, 9.17) is 9.47 Å². The van der Waals surface area contributed by atoms with Crippen LogP contribution in [0.1, 0.15) is 11.1 Å². The van der Waals surface area contributed by atoms with E-state index in [0.717, 1.165) is 67.1 Å². The number of aryl methyl sites for hydroxylation is 1. The summed E-state index contributed by atoms with van der Waals surface area (Å²) in [6.07, 6.45) is 0. The van der Waals surface area contributed by atoms with Crippen LogP contribution in [-0.4, -0.2) is 63.8 Å². The van der Waals surface area contributed by atoms with E-state index < -0.39 is 0 Å². The number of halogens is 1. The van der Waals surface area contributed by atoms with Gasteiger partial charge in [-0.25, -0.2) is 0 Å². The van der Waals surface area contributed by atoms with E-state index in [2.05, 4.69) is 36.8 Å². The largest absolute Gasteiger partial charge is 0.493 e. The van der Waals surface area contributed by atoms with Gasteiger partial charge in [0.15, 0.2) is 18.1 Å². The predicted octanol–water partition coefficient (Wildman–Crippen LogP) is 2.78. The zero-order chi connectivity index (χ0) is 22.1. The molecule has 1 fully saturated rings. The Bertz CT molecular complexity index is 855. The van der Waals surface area contributed by atoms with Crippen LogP contribution < -0.4 is 25.4 Å². The number of nitrogens with one attached hydrogen (secondary N) is 3. The molecule has 1 saturated heterocycles. The summed E-state index contributed by atoms with van der Waals surface area (Å²) in [6, 6.07) is 11.6. The van der Waals surface area contributed by atoms with Crippen LogP contribution in [0.25, 0.3) is 0 Å². The molecule has 0 aliphatic carbocycles. The third-order valence-corrected chi connectivity index (χ3v) is 5.70. The third kappa shape index (κ3) is 7.50. The van der Waals surface area contributed by atoms with Gasteiger partial charge >= 0.3 is 0 Å². The Hall–Kier alpha value is -2.13. The predicted molar refractivity (Wildman–Crippen MR) is 127 cm³/mol. The van der Waals surface area contributed by atoms with Crippen molar-refractivity contribution in [2.75, 3.05) is 58.3 Å². The highest BCUT2D eigenvalue weighted by atomic mass is 79.9. The van der Waals surface area contributed by atoms with Crippen molar-refractivity contribution in [2.24, 2.45) is 0 Å². The van der Waals surface area contributed by atoms with Crippen LogP contribution in [0.15, 0.2) is 40.9 Å². The summed E-state index contributed by atoms with van der Waals surface area (Å²) in [5, 5.41) is 9.68. The molecular formula is C23H31BrN4O3. The standard InChI is InChI=1S/C23H31BrN4O3/c1-17-3-5-19(6-4-17)27-22(29)16-31-23-20(24)13-18(14-21(23)30-2)15-26-9-12-28-10-7-25-8-11-28/h3-6,13-14,25-26H,7-12,15-16H2,1-2H3,(H,27,29). The van der Waals surface area contributed by atoms with Gasteiger partial charge in [0.1, 0.15) is 0 Å². The van der Waals surface area contributed by atoms with Gasteiger partial charge in [-0.2, -0.15) is 0 Å². The lowest BCUT2D eigenvalue weighted by Crippen LogP contribution is -2.45. The second-order valence-corrected chi connectivity index (χ2v) is 8.43. The Balaban J connectivity index is 1.49. The summed E-state index contributed by atoms with van der Waals surface area (Å²) in [6.45, 7) is 8.93. The average Bonchev–Trinajstić information content (AvgIpc) is 2.78. The molecule has 0 bridgehead atoms. The molecular weight excluding hydrogens is 460 g/mol. The highest BCUT2D eigenvalue weighted by Gasteiger charge is 2.14. The monoisotopic (exact) mass is 490 g/mol. The molecule has 0 radical (unpaired) electrons. The summed E-state index contributed by atoms with van der Waals surface area (Å²) in [5.74, 6) is 0.888. The molecule has 1 heterocycles. The minimum atomic E-state index is -0.225. The number of carbonyl (C=O) groups is 1. The van der Waals surface area contributed by atoms with Gasteiger partial charge in [-0.3, -0.25) is 9.69 Å². The Kier molecular flexibility index (Phi) is 9.14. The first kappa shape index (κ1) is 23.5. The molecule has 0 atom stereocenters. The molecule has 31 heavy (non-hydrogen) atoms. The lowest BCUT2D eigenvalue weighted by molar-refractivity contribution is -0.118. The molecule has 168 valence electrons. The molecule has 0 spiro atoms. The summed E-state index contributed by atoms with van der Waals surface area (Å²) < 4.78 is 12.0. The van der Waals surface area contributed by atoms with Gasteiger partial charge in [0.2, 0.25) is 0 Å². The fourth-order valence-corrected chi connectivity index (χ4v) is 4.00. The number of anilines is 1. The highest BCUT2D eigenvalue weighted by Crippen LogP contribution is 2.36. The second kappa shape index (κ2) is 12.0. The minimum absolute atomic E-state index is 0.106. The SMILES string of the molecule is COc1cc(CNCCN2CCNCC2)cc(Br)c1OCC(=O)Nc1ccc(C)cc1. The van der Waals surface area contributed by atoms with Gasteiger partial charge in [0.05, 0.1) is 11.6 Å². The number of methoxy groups -OCH3 is 1. The van der Waals surface area contributed by atoms with Crippen LogP contribution in [0.2, 0.25) is 0 Å². The van der Waals surface area contributed by atoms with Gasteiger partial charge in [-0.05, 0) is 52.7 Å². The zero-order valence-corrected chi connectivity index (χ0v) is 19.8. The van der Waals surface area contributed by atoms with E-state index in [1.54, 1.807) is 7.11 Å². The van der Waals surface area contributed by atoms with Crippen molar-refractivity contribution in [1.82, 2.24) is 15.5 Å². The van der Waals surface area contributed by atoms with Crippen LogP contribution in [0.5, 0.6) is 11.5 Å². The third-order valence-electron chi connectivity index (χ3n) is 5.12. The maximum atomic E-state index is 12.2. The maximum absolute atomic E-state index is 12.2. The minimum Gasteiger partial charge on any atom is -0.493 e. The summed E-state index contributed by atoms with van der Waals surface area (Å²) in [5.41, 5.74) is 2.97. The van der Waals surface area contributed by atoms with E-state index in [1.165, 1.54) is 0 Å². The lowest BCUT2D eigenvalue weighted by Gasteiger charge is -2.27. The molecule has 0 aromatic heterocycles. The molecule has 3 N–H and O–H groups in total. The molecule has 7 nitrogen and oxygen atoms in total. The van der Waals surface area contributed by atoms with E-state index in [9.17, 15) is 4.79 Å². The summed E-state index contributed by atoms with van der Waals surface area (Å²) in [7, 11) is 1.60. The van der Waals surface area contributed by atoms with E-state index in [1.807, 2.05) is 43.3 Å². The second-order valence-electron chi connectivity index (χ2n) is 7.58. The quantitative estimate of drug-likeness (QED) is 0.444. The van der Waals surface area contributed by atoms with Crippen molar-refractivity contribution in [3.8, 4) is 11.5 Å². The Morgan fingerprint density at radius 1 is 1.19 bits per heavy atom. The fraction of sp³-hybridized carbons (Fsp3) is 0.435. The molecule has 2 aromatic rings. The number of nitrogens with zero attached hydrogens (tertiary/aromatic N) is 1. The van der Waals surface area contributed by atoms with Crippen LogP contribution in [0, 0.1) is 6.92 Å². The average molecular weight is 491 g/mol. The Labute approximate surface area is 192 Å². The van der Waals surface area contributed by atoms with Gasteiger partial charge in [-0.1, -0.05) is 17.7 Å². The first-order valence-corrected chi connectivity index (χ1v) is 11.3. The van der Waals surface area contributed by atoms with Crippen LogP contribution in [-0.2, 0) is 11.3 Å². The van der Waals surface area contributed by atoms with Gasteiger partial charge < -0.3 is 25.4 Å². The Morgan fingerprint density at radius 2 is 1.94 bits per heavy atom. The highest BCUT2D eigenvalue weighted by molar-refractivity contribution is 9.10. The number of rotatable bonds is 10. The lowest BCUT2D eigenvalue weighted by atomic mass is 10.2. The first-order chi connectivity index (χ1) is 15.0. The van der Waals surface area contributed by atoms with Crippen molar-refractivity contribution < 1.29 is 14.3 Å². The number of hydrogen-bond acceptors (Lipinski definition) is 6. The number of benzene rings is 2. The van der Waals surface area contributed by atoms with Crippen molar-refractivity contribution in [3.63, 3.8) is 0 Å². The number of piperazine rings is 1. The van der Waals surface area contributed by atoms with Crippen molar-refractivity contribution in [2.45, 2.75) is 13.5 Å². The molecule has 8 heteroatoms. The topological polar surface area (TPSA) is 74.9 Å². The van der Waals surface area contributed by atoms with Gasteiger partial charge in [0.25, 0.3) is 5.91 Å². The number of carbonyl (C=O) groups excluding carboxylic acids is 1. The van der Waals surface area contributed by atoms with E-state index in [-0.39, 0.29) is 12.5 Å². The fourth-order valence-electron chi connectivity index (χ4n) is 3.39. The van der Waals surface area contributed by atoms with Crippen molar-refractivity contribution in [3.05, 3.63) is 52.0 Å². The molecule has 0 saturated carbocycles. The van der Waals surface area contributed by atoms with E-state index >= 15 is 0 Å². The molecule has 1 amide bonds. The molecule has 2 aromatic carbocycles. The first-order valence-electron chi connectivity index (χ1n) is 10.5. The maximum Gasteiger partial charge on any atom is 0.262 e. The van der Waals surface area contributed by atoms with Gasteiger partial charge in [0, 0.05) is 51.5 Å². The summed E-state index contributed by atoms with van der Waals surface area (Å²) in [4.78, 5) is 14.7. The van der Waals surface area contributed by atoms with E-state index in [0.29, 0.717) is 11.5 Å². The smallest absolute Gasteiger partial charge is 0.262 e. The Morgan fingerprint density at radius 3 is 2.65 bits per heavy atom. The number of hydrogen-bond donors (Lipinski definition) is 3. The molecule has 3 rings (SSSR count). The number of ether oxygens (including phenoxy) is 2. The molecule has 1 aliphatic rings. The van der Waals surface area contributed by atoms with Crippen LogP contribution >= 0.6 is 15.9 Å². The normalized spacial score (nSPS) is 14.3. The molecule has 0 unspecified atom stereocenters. The molecule has 1 aliphatic heterocycles.